The molecule has 0 bridgehead atoms. The van der Waals surface area contributed by atoms with Crippen LogP contribution in [0.1, 0.15) is 25.5 Å². The fourth-order valence-corrected chi connectivity index (χ4v) is 3.00. The average Bonchev–Trinajstić information content (AvgIpc) is 2.76. The van der Waals surface area contributed by atoms with E-state index in [4.69, 9.17) is 4.42 Å². The first-order valence-corrected chi connectivity index (χ1v) is 7.41. The Balaban J connectivity index is 2.58. The van der Waals surface area contributed by atoms with Crippen LogP contribution in [0.5, 0.6) is 0 Å². The molecular formula is C12H13BrIN3O. The lowest BCUT2D eigenvalue weighted by molar-refractivity contribution is 0.550. The standard InChI is InChI=1S/C12H13BrIN3O/c1-6(2)10-9(14)12(15-3)17-11(16-10)7-4-5-8(13)18-7/h4-6H,1-3H3,(H,15,16,17). The SMILES string of the molecule is CNc1nc(-c2ccc(Br)o2)nc(C(C)C)c1I. The van der Waals surface area contributed by atoms with Crippen molar-refractivity contribution in [2.75, 3.05) is 12.4 Å². The Bertz CT molecular complexity index is 568. The van der Waals surface area contributed by atoms with E-state index in [0.29, 0.717) is 22.2 Å². The van der Waals surface area contributed by atoms with E-state index >= 15 is 0 Å². The molecule has 2 rings (SSSR count). The second kappa shape index (κ2) is 5.56. The third-order valence-corrected chi connectivity index (χ3v) is 3.94. The van der Waals surface area contributed by atoms with E-state index in [-0.39, 0.29) is 0 Å². The van der Waals surface area contributed by atoms with Gasteiger partial charge in [-0.1, -0.05) is 13.8 Å². The molecule has 0 aromatic carbocycles. The van der Waals surface area contributed by atoms with Crippen LogP contribution in [0, 0.1) is 3.57 Å². The van der Waals surface area contributed by atoms with Gasteiger partial charge in [-0.2, -0.15) is 0 Å². The first-order valence-electron chi connectivity index (χ1n) is 5.53. The lowest BCUT2D eigenvalue weighted by Gasteiger charge is -2.12. The first-order chi connectivity index (χ1) is 8.52. The van der Waals surface area contributed by atoms with E-state index in [1.807, 2.05) is 19.2 Å². The molecule has 2 heterocycles. The molecular weight excluding hydrogens is 409 g/mol. The molecule has 0 aliphatic rings. The number of hydrogen-bond acceptors (Lipinski definition) is 4. The molecule has 0 saturated carbocycles. The van der Waals surface area contributed by atoms with Gasteiger partial charge in [0.2, 0.25) is 0 Å². The number of furan rings is 1. The highest BCUT2D eigenvalue weighted by atomic mass is 127. The molecule has 0 amide bonds. The second-order valence-electron chi connectivity index (χ2n) is 4.10. The van der Waals surface area contributed by atoms with Crippen molar-refractivity contribution < 1.29 is 4.42 Å². The number of rotatable bonds is 3. The summed E-state index contributed by atoms with van der Waals surface area (Å²) in [5.41, 5.74) is 1.03. The predicted molar refractivity (Wildman–Crippen MR) is 83.8 cm³/mol. The molecule has 0 saturated heterocycles. The summed E-state index contributed by atoms with van der Waals surface area (Å²) in [6.45, 7) is 4.23. The molecule has 6 heteroatoms. The predicted octanol–water partition coefficient (Wildman–Crippen LogP) is 4.27. The minimum Gasteiger partial charge on any atom is -0.446 e. The van der Waals surface area contributed by atoms with Gasteiger partial charge in [0.25, 0.3) is 0 Å². The van der Waals surface area contributed by atoms with Crippen molar-refractivity contribution in [1.29, 1.82) is 0 Å². The van der Waals surface area contributed by atoms with Crippen molar-refractivity contribution in [3.05, 3.63) is 26.1 Å². The molecule has 2 aromatic heterocycles. The van der Waals surface area contributed by atoms with E-state index in [1.54, 1.807) is 0 Å². The van der Waals surface area contributed by atoms with Crippen LogP contribution in [-0.2, 0) is 0 Å². The van der Waals surface area contributed by atoms with Crippen molar-refractivity contribution >= 4 is 44.3 Å². The van der Waals surface area contributed by atoms with Crippen LogP contribution in [-0.4, -0.2) is 17.0 Å². The zero-order valence-corrected chi connectivity index (χ0v) is 14.0. The Kier molecular flexibility index (Phi) is 4.26. The monoisotopic (exact) mass is 421 g/mol. The summed E-state index contributed by atoms with van der Waals surface area (Å²) in [7, 11) is 1.86. The maximum absolute atomic E-state index is 5.51. The van der Waals surface area contributed by atoms with Gasteiger partial charge in [0.05, 0.1) is 9.26 Å². The van der Waals surface area contributed by atoms with Gasteiger partial charge < -0.3 is 9.73 Å². The Morgan fingerprint density at radius 1 is 1.33 bits per heavy atom. The molecule has 2 aromatic rings. The minimum atomic E-state index is 0.337. The van der Waals surface area contributed by atoms with Crippen molar-refractivity contribution in [1.82, 2.24) is 9.97 Å². The fraction of sp³-hybridized carbons (Fsp3) is 0.333. The molecule has 0 fully saturated rings. The highest BCUT2D eigenvalue weighted by molar-refractivity contribution is 14.1. The summed E-state index contributed by atoms with van der Waals surface area (Å²) in [5, 5.41) is 3.10. The van der Waals surface area contributed by atoms with Crippen molar-refractivity contribution in [3.8, 4) is 11.6 Å². The Morgan fingerprint density at radius 2 is 2.06 bits per heavy atom. The van der Waals surface area contributed by atoms with Crippen LogP contribution in [0.4, 0.5) is 5.82 Å². The highest BCUT2D eigenvalue weighted by Crippen LogP contribution is 2.29. The lowest BCUT2D eigenvalue weighted by Crippen LogP contribution is -2.06. The molecule has 0 unspecified atom stereocenters. The molecule has 1 N–H and O–H groups in total. The van der Waals surface area contributed by atoms with Gasteiger partial charge >= 0.3 is 0 Å². The topological polar surface area (TPSA) is 51.0 Å². The molecule has 18 heavy (non-hydrogen) atoms. The Labute approximate surface area is 128 Å². The number of halogens is 2. The van der Waals surface area contributed by atoms with Crippen molar-refractivity contribution in [3.63, 3.8) is 0 Å². The van der Waals surface area contributed by atoms with Crippen LogP contribution < -0.4 is 5.32 Å². The van der Waals surface area contributed by atoms with Crippen LogP contribution in [0.2, 0.25) is 0 Å². The van der Waals surface area contributed by atoms with Gasteiger partial charge in [0.15, 0.2) is 16.3 Å². The number of aromatic nitrogens is 2. The molecule has 96 valence electrons. The van der Waals surface area contributed by atoms with Crippen molar-refractivity contribution in [2.45, 2.75) is 19.8 Å². The highest BCUT2D eigenvalue weighted by Gasteiger charge is 2.16. The summed E-state index contributed by atoms with van der Waals surface area (Å²) in [4.78, 5) is 9.06. The smallest absolute Gasteiger partial charge is 0.197 e. The summed E-state index contributed by atoms with van der Waals surface area (Å²) in [6, 6.07) is 3.70. The summed E-state index contributed by atoms with van der Waals surface area (Å²) < 4.78 is 7.24. The third kappa shape index (κ3) is 2.69. The zero-order valence-electron chi connectivity index (χ0n) is 10.3. The van der Waals surface area contributed by atoms with Gasteiger partial charge in [0.1, 0.15) is 5.82 Å². The van der Waals surface area contributed by atoms with Gasteiger partial charge in [-0.05, 0) is 56.6 Å². The summed E-state index contributed by atoms with van der Waals surface area (Å²) in [5.74, 6) is 2.44. The summed E-state index contributed by atoms with van der Waals surface area (Å²) >= 11 is 5.56. The summed E-state index contributed by atoms with van der Waals surface area (Å²) in [6.07, 6.45) is 0. The molecule has 4 nitrogen and oxygen atoms in total. The molecule has 0 aliphatic carbocycles. The number of hydrogen-bond donors (Lipinski definition) is 1. The average molecular weight is 422 g/mol. The lowest BCUT2D eigenvalue weighted by atomic mass is 10.1. The van der Waals surface area contributed by atoms with Crippen LogP contribution in [0.15, 0.2) is 21.2 Å². The van der Waals surface area contributed by atoms with Gasteiger partial charge in [0, 0.05) is 7.05 Å². The Hall–Kier alpha value is -0.630. The van der Waals surface area contributed by atoms with Gasteiger partial charge in [-0.3, -0.25) is 0 Å². The van der Waals surface area contributed by atoms with E-state index in [9.17, 15) is 0 Å². The van der Waals surface area contributed by atoms with Gasteiger partial charge in [-0.25, -0.2) is 9.97 Å². The molecule has 0 aliphatic heterocycles. The number of anilines is 1. The third-order valence-electron chi connectivity index (χ3n) is 2.45. The largest absolute Gasteiger partial charge is 0.446 e. The zero-order chi connectivity index (χ0) is 13.3. The van der Waals surface area contributed by atoms with Gasteiger partial charge in [-0.15, -0.1) is 0 Å². The molecule has 0 atom stereocenters. The quantitative estimate of drug-likeness (QED) is 0.752. The number of nitrogens with zero attached hydrogens (tertiary/aromatic N) is 2. The van der Waals surface area contributed by atoms with Crippen LogP contribution in [0.25, 0.3) is 11.6 Å². The van der Waals surface area contributed by atoms with E-state index < -0.39 is 0 Å². The van der Waals surface area contributed by atoms with E-state index in [0.717, 1.165) is 15.1 Å². The van der Waals surface area contributed by atoms with Crippen molar-refractivity contribution in [2.24, 2.45) is 0 Å². The second-order valence-corrected chi connectivity index (χ2v) is 5.96. The van der Waals surface area contributed by atoms with E-state index in [2.05, 4.69) is 67.7 Å². The van der Waals surface area contributed by atoms with E-state index in [1.165, 1.54) is 0 Å². The molecule has 0 spiro atoms. The minimum absolute atomic E-state index is 0.337. The fourth-order valence-electron chi connectivity index (χ4n) is 1.56. The number of nitrogens with one attached hydrogen (secondary N) is 1. The molecule has 0 radical (unpaired) electrons. The maximum Gasteiger partial charge on any atom is 0.197 e. The first kappa shape index (κ1) is 13.8. The normalized spacial score (nSPS) is 11.0. The Morgan fingerprint density at radius 3 is 2.56 bits per heavy atom. The van der Waals surface area contributed by atoms with Crippen LogP contribution >= 0.6 is 38.5 Å². The van der Waals surface area contributed by atoms with Crippen LogP contribution in [0.3, 0.4) is 0 Å². The maximum atomic E-state index is 5.51.